The molecule has 0 spiro atoms. The third kappa shape index (κ3) is 0.820. The summed E-state index contributed by atoms with van der Waals surface area (Å²) in [5.74, 6) is 0. The van der Waals surface area contributed by atoms with Crippen molar-refractivity contribution >= 4 is 15.9 Å². The normalized spacial score (nSPS) is 31.8. The van der Waals surface area contributed by atoms with Gasteiger partial charge in [-0.25, -0.2) is 0 Å². The van der Waals surface area contributed by atoms with Gasteiger partial charge in [0.15, 0.2) is 0 Å². The lowest BCUT2D eigenvalue weighted by Gasteiger charge is -1.91. The third-order valence-electron chi connectivity index (χ3n) is 0.632. The average Bonchev–Trinajstić information content (AvgIpc) is 1.86. The lowest BCUT2D eigenvalue weighted by atomic mass is 10.6. The number of alkyl halides is 1. The van der Waals surface area contributed by atoms with Crippen molar-refractivity contribution in [3.8, 4) is 0 Å². The van der Waals surface area contributed by atoms with Gasteiger partial charge in [0.2, 0.25) is 0 Å². The Labute approximate surface area is 45.6 Å². The van der Waals surface area contributed by atoms with E-state index in [0.717, 1.165) is 0 Å². The van der Waals surface area contributed by atoms with Crippen LogP contribution in [0.1, 0.15) is 0 Å². The van der Waals surface area contributed by atoms with Crippen molar-refractivity contribution in [1.29, 1.82) is 0 Å². The van der Waals surface area contributed by atoms with Crippen LogP contribution in [0.5, 0.6) is 0 Å². The number of nitrogens with one attached hydrogen (secondary N) is 1. The maximum atomic E-state index is 3.31. The first-order chi connectivity index (χ1) is 2.89. The zero-order valence-corrected chi connectivity index (χ0v) is 4.77. The predicted octanol–water partition coefficient (Wildman–Crippen LogP) is 1.03. The van der Waals surface area contributed by atoms with Crippen molar-refractivity contribution in [3.05, 3.63) is 18.7 Å². The zero-order chi connectivity index (χ0) is 4.41. The number of hydrogen-bond acceptors (Lipinski definition) is 1. The van der Waals surface area contributed by atoms with Crippen LogP contribution in [0.3, 0.4) is 0 Å². The fourth-order valence-electron chi connectivity index (χ4n) is 0.356. The van der Waals surface area contributed by atoms with Crippen LogP contribution in [0.2, 0.25) is 0 Å². The molecule has 6 heavy (non-hydrogen) atoms. The molecule has 1 aliphatic rings. The molecule has 1 radical (unpaired) electrons. The molecule has 0 amide bonds. The van der Waals surface area contributed by atoms with Crippen LogP contribution in [-0.2, 0) is 0 Å². The maximum absolute atomic E-state index is 3.31. The highest BCUT2D eigenvalue weighted by Crippen LogP contribution is 2.02. The maximum Gasteiger partial charge on any atom is 0.0822 e. The number of halogens is 1. The van der Waals surface area contributed by atoms with E-state index in [1.54, 1.807) is 0 Å². The van der Waals surface area contributed by atoms with Crippen LogP contribution in [0.25, 0.3) is 0 Å². The first-order valence-electron chi connectivity index (χ1n) is 1.80. The molecule has 1 rings (SSSR count). The minimum absolute atomic E-state index is 0.373. The Balaban J connectivity index is 2.38. The zero-order valence-electron chi connectivity index (χ0n) is 3.19. The first kappa shape index (κ1) is 4.34. The summed E-state index contributed by atoms with van der Waals surface area (Å²) in [6.45, 7) is 1.90. The van der Waals surface area contributed by atoms with Crippen molar-refractivity contribution in [2.75, 3.05) is 0 Å². The highest BCUT2D eigenvalue weighted by atomic mass is 79.9. The molecule has 0 aliphatic carbocycles. The first-order valence-corrected chi connectivity index (χ1v) is 2.71. The van der Waals surface area contributed by atoms with E-state index in [1.165, 1.54) is 0 Å². The Hall–Kier alpha value is 0.180. The average molecular weight is 147 g/mol. The van der Waals surface area contributed by atoms with Gasteiger partial charge in [-0.05, 0) is 0 Å². The molecule has 1 aliphatic heterocycles. The van der Waals surface area contributed by atoms with Gasteiger partial charge in [-0.3, -0.25) is 5.32 Å². The van der Waals surface area contributed by atoms with Crippen LogP contribution in [0, 0.1) is 6.54 Å². The van der Waals surface area contributed by atoms with Crippen molar-refractivity contribution in [3.63, 3.8) is 0 Å². The van der Waals surface area contributed by atoms with E-state index in [2.05, 4.69) is 21.2 Å². The molecule has 0 aromatic carbocycles. The molecule has 1 atom stereocenters. The van der Waals surface area contributed by atoms with Crippen LogP contribution in [-0.4, -0.2) is 4.95 Å². The summed E-state index contributed by atoms with van der Waals surface area (Å²) >= 11 is 3.31. The second-order valence-electron chi connectivity index (χ2n) is 1.12. The van der Waals surface area contributed by atoms with E-state index in [-0.39, 0.29) is 0 Å². The SMILES string of the molecule is BrC1C=C[CH]N1. The fraction of sp³-hybridized carbons (Fsp3) is 0.250. The van der Waals surface area contributed by atoms with Crippen LogP contribution < -0.4 is 5.32 Å². The van der Waals surface area contributed by atoms with Crippen molar-refractivity contribution in [1.82, 2.24) is 5.32 Å². The van der Waals surface area contributed by atoms with Gasteiger partial charge >= 0.3 is 0 Å². The van der Waals surface area contributed by atoms with Gasteiger partial charge in [-0.1, -0.05) is 28.1 Å². The number of rotatable bonds is 0. The van der Waals surface area contributed by atoms with Gasteiger partial charge in [0.05, 0.1) is 4.95 Å². The highest BCUT2D eigenvalue weighted by Gasteiger charge is 1.99. The summed E-state index contributed by atoms with van der Waals surface area (Å²) in [7, 11) is 0. The number of hydrogen-bond donors (Lipinski definition) is 1. The second-order valence-corrected chi connectivity index (χ2v) is 2.11. The van der Waals surface area contributed by atoms with Gasteiger partial charge in [0, 0.05) is 6.54 Å². The van der Waals surface area contributed by atoms with E-state index in [9.17, 15) is 0 Å². The molecule has 1 nitrogen and oxygen atoms in total. The Morgan fingerprint density at radius 1 is 1.67 bits per heavy atom. The van der Waals surface area contributed by atoms with Crippen LogP contribution >= 0.6 is 15.9 Å². The van der Waals surface area contributed by atoms with Gasteiger partial charge < -0.3 is 0 Å². The lowest BCUT2D eigenvalue weighted by molar-refractivity contribution is 0.936. The molecular formula is C4H5BrN. The van der Waals surface area contributed by atoms with Crippen LogP contribution in [0.4, 0.5) is 0 Å². The van der Waals surface area contributed by atoms with E-state index < -0.39 is 0 Å². The molecule has 0 aromatic heterocycles. The summed E-state index contributed by atoms with van der Waals surface area (Å²) in [5, 5.41) is 3.00. The smallest absolute Gasteiger partial charge is 0.0822 e. The summed E-state index contributed by atoms with van der Waals surface area (Å²) < 4.78 is 0. The molecule has 0 saturated heterocycles. The van der Waals surface area contributed by atoms with Crippen molar-refractivity contribution < 1.29 is 0 Å². The third-order valence-corrected chi connectivity index (χ3v) is 1.20. The minimum atomic E-state index is 0.373. The van der Waals surface area contributed by atoms with Crippen molar-refractivity contribution in [2.24, 2.45) is 0 Å². The quantitative estimate of drug-likeness (QED) is 0.398. The Morgan fingerprint density at radius 3 is 2.67 bits per heavy atom. The van der Waals surface area contributed by atoms with E-state index in [1.807, 2.05) is 18.7 Å². The van der Waals surface area contributed by atoms with Gasteiger partial charge in [-0.15, -0.1) is 0 Å². The Kier molecular flexibility index (Phi) is 1.27. The topological polar surface area (TPSA) is 12.0 Å². The Morgan fingerprint density at radius 2 is 2.50 bits per heavy atom. The standard InChI is InChI=1S/C4H5BrN/c5-4-2-1-3-6-4/h1-4,6H. The molecule has 1 heterocycles. The van der Waals surface area contributed by atoms with Crippen LogP contribution in [0.15, 0.2) is 12.2 Å². The van der Waals surface area contributed by atoms with E-state index >= 15 is 0 Å². The second kappa shape index (κ2) is 1.76. The molecule has 33 valence electrons. The van der Waals surface area contributed by atoms with E-state index in [0.29, 0.717) is 4.95 Å². The molecule has 0 fully saturated rings. The Bertz CT molecular complexity index is 69.9. The summed E-state index contributed by atoms with van der Waals surface area (Å²) in [4.78, 5) is 0.373. The van der Waals surface area contributed by atoms with Crippen molar-refractivity contribution in [2.45, 2.75) is 4.95 Å². The van der Waals surface area contributed by atoms with E-state index in [4.69, 9.17) is 0 Å². The van der Waals surface area contributed by atoms with Gasteiger partial charge in [0.25, 0.3) is 0 Å². The molecule has 0 saturated carbocycles. The lowest BCUT2D eigenvalue weighted by Crippen LogP contribution is -2.09. The molecule has 0 aromatic rings. The molecule has 1 unspecified atom stereocenters. The summed E-state index contributed by atoms with van der Waals surface area (Å²) in [6, 6.07) is 0. The molecule has 2 heteroatoms. The monoisotopic (exact) mass is 146 g/mol. The highest BCUT2D eigenvalue weighted by molar-refractivity contribution is 9.09. The molecule has 0 bridgehead atoms. The van der Waals surface area contributed by atoms with Gasteiger partial charge in [-0.2, -0.15) is 0 Å². The summed E-state index contributed by atoms with van der Waals surface area (Å²) in [6.07, 6.45) is 4.00. The predicted molar refractivity (Wildman–Crippen MR) is 29.3 cm³/mol. The minimum Gasteiger partial charge on any atom is -0.293 e. The fourth-order valence-corrected chi connectivity index (χ4v) is 0.685. The molecular weight excluding hydrogens is 142 g/mol. The largest absolute Gasteiger partial charge is 0.293 e. The van der Waals surface area contributed by atoms with Gasteiger partial charge in [0.1, 0.15) is 0 Å². The summed E-state index contributed by atoms with van der Waals surface area (Å²) in [5.41, 5.74) is 0. The molecule has 1 N–H and O–H groups in total.